The number of aliphatic imine (C=N–C) groups is 2. The van der Waals surface area contributed by atoms with Gasteiger partial charge in [0, 0.05) is 21.9 Å². The lowest BCUT2D eigenvalue weighted by molar-refractivity contribution is 0.669. The smallest absolute Gasteiger partial charge is 0.160 e. The zero-order valence-corrected chi connectivity index (χ0v) is 37.6. The molecule has 3 nitrogen and oxygen atoms in total. The molecule has 1 aliphatic rings. The largest absolute Gasteiger partial charge is 0.456 e. The Morgan fingerprint density at radius 3 is 1.66 bits per heavy atom. The molecule has 0 spiro atoms. The van der Waals surface area contributed by atoms with Crippen LogP contribution < -0.4 is 0 Å². The molecule has 13 rings (SSSR count). The summed E-state index contributed by atoms with van der Waals surface area (Å²) < 4.78 is 6.58. The van der Waals surface area contributed by atoms with Crippen molar-refractivity contribution in [1.29, 1.82) is 0 Å². The molecule has 0 saturated carbocycles. The van der Waals surface area contributed by atoms with Crippen LogP contribution in [0.4, 0.5) is 0 Å². The molecule has 0 fully saturated rings. The normalized spacial score (nSPS) is 14.4. The van der Waals surface area contributed by atoms with Crippen molar-refractivity contribution in [2.24, 2.45) is 9.98 Å². The second kappa shape index (κ2) is 16.3. The molecule has 0 N–H and O–H groups in total. The lowest BCUT2D eigenvalue weighted by atomic mass is 9.92. The van der Waals surface area contributed by atoms with Gasteiger partial charge in [-0.05, 0) is 150 Å². The first-order valence-corrected chi connectivity index (χ1v) is 23.5. The number of furan rings is 1. The second-order valence-corrected chi connectivity index (χ2v) is 18.1. The highest BCUT2D eigenvalue weighted by molar-refractivity contribution is 6.17. The molecule has 11 aromatic carbocycles. The van der Waals surface area contributed by atoms with Crippen molar-refractivity contribution in [2.45, 2.75) is 19.8 Å². The fourth-order valence-electron chi connectivity index (χ4n) is 10.3. The lowest BCUT2D eigenvalue weighted by Gasteiger charge is -2.17. The summed E-state index contributed by atoms with van der Waals surface area (Å²) in [6.07, 6.45) is 1.65. The highest BCUT2D eigenvalue weighted by atomic mass is 16.3. The lowest BCUT2D eigenvalue weighted by Crippen LogP contribution is -2.10. The first kappa shape index (κ1) is 39.7. The van der Waals surface area contributed by atoms with Crippen molar-refractivity contribution in [1.82, 2.24) is 0 Å². The predicted octanol–water partition coefficient (Wildman–Crippen LogP) is 17.7. The standard InChI is InChI=1S/C65H44N2O/c1-41-21-34-60(53-32-23-43-12-3-5-15-48(43)37-53)66-65(67-64(41)46-26-24-45(25-27-46)57-19-10-16-44-13-6-7-17-56(44)57)54-33-30-49-36-52(31-29-50(49)38-54)59-39-55(51-28-22-42-11-2-4-14-47(42)35-51)40-62-63(59)58-18-8-9-20-61(58)68-62/h2-20,22-33,35-40H,21,34H2,1H3/b64-41-,66-60?,67-65?. The van der Waals surface area contributed by atoms with Crippen LogP contribution >= 0.6 is 0 Å². The minimum atomic E-state index is 0.709. The maximum Gasteiger partial charge on any atom is 0.160 e. The zero-order chi connectivity index (χ0) is 45.1. The molecule has 1 aliphatic heterocycles. The third-order valence-corrected chi connectivity index (χ3v) is 13.9. The van der Waals surface area contributed by atoms with Gasteiger partial charge in [0.1, 0.15) is 11.2 Å². The molecule has 68 heavy (non-hydrogen) atoms. The summed E-state index contributed by atoms with van der Waals surface area (Å²) in [4.78, 5) is 11.0. The van der Waals surface area contributed by atoms with Gasteiger partial charge in [-0.2, -0.15) is 0 Å². The fourth-order valence-corrected chi connectivity index (χ4v) is 10.3. The molecular weight excluding hydrogens is 825 g/mol. The Balaban J connectivity index is 0.927. The van der Waals surface area contributed by atoms with Gasteiger partial charge in [0.05, 0.1) is 11.4 Å². The molecule has 0 saturated heterocycles. The molecule has 0 radical (unpaired) electrons. The zero-order valence-electron chi connectivity index (χ0n) is 37.6. The Morgan fingerprint density at radius 2 is 0.882 bits per heavy atom. The summed E-state index contributed by atoms with van der Waals surface area (Å²) >= 11 is 0. The van der Waals surface area contributed by atoms with E-state index in [1.165, 1.54) is 49.0 Å². The molecule has 0 unspecified atom stereocenters. The van der Waals surface area contributed by atoms with E-state index in [0.29, 0.717) is 5.84 Å². The minimum absolute atomic E-state index is 0.709. The first-order chi connectivity index (χ1) is 33.6. The highest BCUT2D eigenvalue weighted by Crippen LogP contribution is 2.42. The number of amidine groups is 1. The van der Waals surface area contributed by atoms with Crippen LogP contribution in [0.2, 0.25) is 0 Å². The quantitative estimate of drug-likeness (QED) is 0.164. The summed E-state index contributed by atoms with van der Waals surface area (Å²) in [6, 6.07) is 80.9. The van der Waals surface area contributed by atoms with Crippen molar-refractivity contribution < 1.29 is 4.42 Å². The van der Waals surface area contributed by atoms with Gasteiger partial charge in [0.15, 0.2) is 5.84 Å². The maximum absolute atomic E-state index is 6.58. The van der Waals surface area contributed by atoms with Gasteiger partial charge in [-0.15, -0.1) is 0 Å². The van der Waals surface area contributed by atoms with E-state index >= 15 is 0 Å². The molecular formula is C65H44N2O. The van der Waals surface area contributed by atoms with Gasteiger partial charge in [0.2, 0.25) is 0 Å². The third-order valence-electron chi connectivity index (χ3n) is 13.9. The van der Waals surface area contributed by atoms with Crippen molar-refractivity contribution in [3.63, 3.8) is 0 Å². The average Bonchev–Trinajstić information content (AvgIpc) is 3.78. The van der Waals surface area contributed by atoms with E-state index in [9.17, 15) is 0 Å². The monoisotopic (exact) mass is 868 g/mol. The van der Waals surface area contributed by atoms with Gasteiger partial charge in [-0.3, -0.25) is 0 Å². The number of hydrogen-bond donors (Lipinski definition) is 0. The SMILES string of the molecule is C/C1=C(\c2ccc(-c3cccc4ccccc34)cc2)N=C(c2ccc3cc(-c4cc(-c5ccc6ccccc6c5)cc5oc6ccccc6c45)ccc3c2)N=C(c2ccc3ccccc3c2)CC1. The number of allylic oxidation sites excluding steroid dienone is 1. The van der Waals surface area contributed by atoms with Crippen molar-refractivity contribution >= 4 is 82.3 Å². The number of para-hydroxylation sites is 1. The highest BCUT2D eigenvalue weighted by Gasteiger charge is 2.19. The van der Waals surface area contributed by atoms with E-state index in [1.807, 2.05) is 6.07 Å². The van der Waals surface area contributed by atoms with E-state index in [0.717, 1.165) is 95.9 Å². The minimum Gasteiger partial charge on any atom is -0.456 e. The molecule has 0 aliphatic carbocycles. The van der Waals surface area contributed by atoms with Crippen LogP contribution in [0.5, 0.6) is 0 Å². The molecule has 0 bridgehead atoms. The van der Waals surface area contributed by atoms with Crippen LogP contribution in [-0.2, 0) is 0 Å². The van der Waals surface area contributed by atoms with Gasteiger partial charge >= 0.3 is 0 Å². The Bertz CT molecular complexity index is 4080. The van der Waals surface area contributed by atoms with Crippen LogP contribution in [0.1, 0.15) is 36.5 Å². The molecule has 320 valence electrons. The number of hydrogen-bond acceptors (Lipinski definition) is 3. The summed E-state index contributed by atoms with van der Waals surface area (Å²) in [7, 11) is 0. The van der Waals surface area contributed by atoms with E-state index in [1.54, 1.807) is 0 Å². The van der Waals surface area contributed by atoms with Gasteiger partial charge < -0.3 is 4.42 Å². The van der Waals surface area contributed by atoms with Crippen LogP contribution in [0.15, 0.2) is 244 Å². The second-order valence-electron chi connectivity index (χ2n) is 18.1. The molecule has 1 aromatic heterocycles. The van der Waals surface area contributed by atoms with E-state index in [4.69, 9.17) is 14.4 Å². The summed E-state index contributed by atoms with van der Waals surface area (Å²) in [6.45, 7) is 2.23. The van der Waals surface area contributed by atoms with Crippen molar-refractivity contribution in [2.75, 3.05) is 0 Å². The average molecular weight is 869 g/mol. The fraction of sp³-hybridized carbons (Fsp3) is 0.0462. The van der Waals surface area contributed by atoms with Crippen LogP contribution in [0, 0.1) is 0 Å². The van der Waals surface area contributed by atoms with Crippen molar-refractivity contribution in [3.05, 3.63) is 247 Å². The van der Waals surface area contributed by atoms with E-state index in [2.05, 4.69) is 225 Å². The number of fused-ring (bicyclic) bond motifs is 7. The summed E-state index contributed by atoms with van der Waals surface area (Å²) in [5.41, 5.74) is 15.2. The predicted molar refractivity (Wildman–Crippen MR) is 288 cm³/mol. The molecule has 0 amide bonds. The van der Waals surface area contributed by atoms with Crippen LogP contribution in [0.25, 0.3) is 104 Å². The topological polar surface area (TPSA) is 37.9 Å². The number of benzene rings is 11. The Hall–Kier alpha value is -8.66. The van der Waals surface area contributed by atoms with Crippen LogP contribution in [0.3, 0.4) is 0 Å². The summed E-state index contributed by atoms with van der Waals surface area (Å²) in [5, 5.41) is 11.9. The van der Waals surface area contributed by atoms with Gasteiger partial charge in [-0.1, -0.05) is 182 Å². The number of nitrogens with zero attached hydrogens (tertiary/aromatic N) is 2. The Labute approximate surface area is 394 Å². The van der Waals surface area contributed by atoms with Crippen LogP contribution in [-0.4, -0.2) is 11.5 Å². The van der Waals surface area contributed by atoms with E-state index < -0.39 is 0 Å². The van der Waals surface area contributed by atoms with E-state index in [-0.39, 0.29) is 0 Å². The third kappa shape index (κ3) is 7.08. The molecule has 0 atom stereocenters. The van der Waals surface area contributed by atoms with Gasteiger partial charge in [0.25, 0.3) is 0 Å². The molecule has 12 aromatic rings. The molecule has 2 heterocycles. The maximum atomic E-state index is 6.58. The first-order valence-electron chi connectivity index (χ1n) is 23.5. The Morgan fingerprint density at radius 1 is 0.338 bits per heavy atom. The van der Waals surface area contributed by atoms with Crippen molar-refractivity contribution in [3.8, 4) is 33.4 Å². The molecule has 3 heteroatoms. The Kier molecular flexibility index (Phi) is 9.54. The van der Waals surface area contributed by atoms with Gasteiger partial charge in [-0.25, -0.2) is 9.98 Å². The summed E-state index contributed by atoms with van der Waals surface area (Å²) in [5.74, 6) is 0.709. The number of rotatable bonds is 6.